The van der Waals surface area contributed by atoms with Crippen LogP contribution in [0.2, 0.25) is 0 Å². The van der Waals surface area contributed by atoms with Crippen molar-refractivity contribution in [1.82, 2.24) is 9.97 Å². The van der Waals surface area contributed by atoms with Crippen molar-refractivity contribution in [2.75, 3.05) is 20.1 Å². The third kappa shape index (κ3) is 8.98. The van der Waals surface area contributed by atoms with Gasteiger partial charge in [0.25, 0.3) is 0 Å². The van der Waals surface area contributed by atoms with Crippen LogP contribution in [-0.2, 0) is 31.9 Å². The number of alkyl halides is 1. The Morgan fingerprint density at radius 3 is 1.77 bits per heavy atom. The molecule has 4 rings (SSSR count). The fourth-order valence-corrected chi connectivity index (χ4v) is 6.75. The second kappa shape index (κ2) is 18.2. The number of ether oxygens (including phenoxy) is 2. The average Bonchev–Trinajstić information content (AvgIpc) is 3.67. The summed E-state index contributed by atoms with van der Waals surface area (Å²) in [5.41, 5.74) is 17.0. The second-order valence-corrected chi connectivity index (χ2v) is 12.4. The van der Waals surface area contributed by atoms with E-state index in [0.29, 0.717) is 31.6 Å². The first-order valence-corrected chi connectivity index (χ1v) is 16.5. The van der Waals surface area contributed by atoms with Gasteiger partial charge in [0.05, 0.1) is 37.0 Å². The van der Waals surface area contributed by atoms with Gasteiger partial charge in [0.15, 0.2) is 0 Å². The third-order valence-electron chi connectivity index (χ3n) is 9.36. The molecule has 8 nitrogen and oxygen atoms in total. The Bertz CT molecular complexity index is 1740. The van der Waals surface area contributed by atoms with Crippen molar-refractivity contribution in [3.05, 3.63) is 78.7 Å². The number of nitrogens with zero attached hydrogens (tertiary/aromatic N) is 2. The molecule has 0 fully saturated rings. The largest absolute Gasteiger partial charge is 0.469 e. The van der Waals surface area contributed by atoms with Gasteiger partial charge in [-0.2, -0.15) is 0 Å². The number of allylic oxidation sites excluding steroid dienone is 4. The van der Waals surface area contributed by atoms with Gasteiger partial charge >= 0.3 is 11.9 Å². The first-order valence-electron chi connectivity index (χ1n) is 16.0. The van der Waals surface area contributed by atoms with Crippen molar-refractivity contribution >= 4 is 81.1 Å². The number of aromatic nitrogens is 2. The molecule has 262 valence electrons. The van der Waals surface area contributed by atoms with Gasteiger partial charge in [-0.3, -0.25) is 19.6 Å². The summed E-state index contributed by atoms with van der Waals surface area (Å²) in [4.78, 5) is 41.3. The van der Waals surface area contributed by atoms with E-state index in [9.17, 15) is 9.59 Å². The van der Waals surface area contributed by atoms with E-state index < -0.39 is 0 Å². The number of rotatable bonds is 13. The van der Waals surface area contributed by atoms with Crippen LogP contribution < -0.4 is 0 Å². The molecule has 0 atom stereocenters. The molecule has 0 saturated heterocycles. The van der Waals surface area contributed by atoms with Crippen LogP contribution in [0.25, 0.3) is 12.2 Å². The van der Waals surface area contributed by atoms with Crippen molar-refractivity contribution < 1.29 is 19.1 Å². The predicted octanol–water partition coefficient (Wildman–Crippen LogP) is 9.30. The van der Waals surface area contributed by atoms with Crippen LogP contribution in [0, 0.1) is 27.7 Å². The first-order chi connectivity index (χ1) is 21.9. The number of halogens is 3. The van der Waals surface area contributed by atoms with E-state index in [-0.39, 0.29) is 52.3 Å². The Hall–Kier alpha value is -2.95. The van der Waals surface area contributed by atoms with Crippen molar-refractivity contribution in [1.29, 1.82) is 0 Å². The molecule has 2 aromatic rings. The number of hydrogen-bond donors (Lipinski definition) is 2. The Balaban J connectivity index is 0.00000400. The maximum absolute atomic E-state index is 12.2. The maximum Gasteiger partial charge on any atom is 0.305 e. The number of aryl methyl sites for hydroxylation is 2. The molecule has 2 aromatic heterocycles. The van der Waals surface area contributed by atoms with Crippen molar-refractivity contribution in [2.45, 2.75) is 93.4 Å². The van der Waals surface area contributed by atoms with E-state index >= 15 is 0 Å². The minimum Gasteiger partial charge on any atom is -0.469 e. The molecule has 0 bridgehead atoms. The lowest BCUT2D eigenvalue weighted by atomic mass is 9.95. The summed E-state index contributed by atoms with van der Waals surface area (Å²) in [7, 11) is 2.82. The topological polar surface area (TPSA) is 109 Å². The van der Waals surface area contributed by atoms with Gasteiger partial charge in [-0.25, -0.2) is 0 Å². The Morgan fingerprint density at radius 2 is 1.23 bits per heavy atom. The highest BCUT2D eigenvalue weighted by molar-refractivity contribution is 8.93. The van der Waals surface area contributed by atoms with Crippen LogP contribution in [0.4, 0.5) is 0 Å². The molecular weight excluding hydrogens is 760 g/mol. The lowest BCUT2D eigenvalue weighted by Crippen LogP contribution is -2.10. The van der Waals surface area contributed by atoms with Gasteiger partial charge in [-0.1, -0.05) is 6.92 Å². The molecule has 0 amide bonds. The zero-order chi connectivity index (χ0) is 33.7. The number of hydrogen-bond acceptors (Lipinski definition) is 6. The van der Waals surface area contributed by atoms with E-state index in [2.05, 4.69) is 63.7 Å². The molecule has 0 aromatic carbocycles. The molecule has 11 heteroatoms. The van der Waals surface area contributed by atoms with Gasteiger partial charge in [0.2, 0.25) is 0 Å². The molecule has 0 unspecified atom stereocenters. The van der Waals surface area contributed by atoms with Crippen LogP contribution in [0.15, 0.2) is 43.7 Å². The quantitative estimate of drug-likeness (QED) is 0.155. The van der Waals surface area contributed by atoms with Crippen molar-refractivity contribution in [2.24, 2.45) is 9.98 Å². The van der Waals surface area contributed by atoms with E-state index in [1.165, 1.54) is 31.0 Å². The summed E-state index contributed by atoms with van der Waals surface area (Å²) < 4.78 is 9.80. The molecule has 2 N–H and O–H groups in total. The number of aromatic amines is 2. The number of esters is 2. The molecule has 48 heavy (non-hydrogen) atoms. The molecule has 2 aliphatic rings. The van der Waals surface area contributed by atoms with Crippen LogP contribution in [-0.4, -0.2) is 53.4 Å². The molecular formula is C37H49Br2ClN4O4. The fourth-order valence-electron chi connectivity index (χ4n) is 6.57. The van der Waals surface area contributed by atoms with Crippen LogP contribution in [0.1, 0.15) is 97.9 Å². The highest BCUT2D eigenvalue weighted by Gasteiger charge is 2.27. The van der Waals surface area contributed by atoms with Gasteiger partial charge < -0.3 is 19.4 Å². The van der Waals surface area contributed by atoms with E-state index in [0.717, 1.165) is 86.2 Å². The van der Waals surface area contributed by atoms with Crippen LogP contribution in [0.5, 0.6) is 0 Å². The minimum atomic E-state index is -0.260. The Labute approximate surface area is 310 Å². The Kier molecular flexibility index (Phi) is 15.6. The number of carbonyl (C=O) groups excluding carboxylic acids is 2. The Morgan fingerprint density at radius 1 is 0.708 bits per heavy atom. The molecule has 0 spiro atoms. The zero-order valence-electron chi connectivity index (χ0n) is 29.5. The maximum atomic E-state index is 12.2. The summed E-state index contributed by atoms with van der Waals surface area (Å²) in [6.07, 6.45) is 8.14. The number of nitrogens with one attached hydrogen (secondary N) is 2. The summed E-state index contributed by atoms with van der Waals surface area (Å²) in [6.45, 7) is 14.7. The molecule has 0 radical (unpaired) electrons. The number of aliphatic imine (C=N–C) groups is 2. The zero-order valence-corrected chi connectivity index (χ0v) is 33.7. The molecule has 0 saturated carbocycles. The number of H-pyrrole nitrogens is 2. The highest BCUT2D eigenvalue weighted by atomic mass is 79.9. The second-order valence-electron chi connectivity index (χ2n) is 12.0. The smallest absolute Gasteiger partial charge is 0.305 e. The van der Waals surface area contributed by atoms with Crippen molar-refractivity contribution in [3.63, 3.8) is 0 Å². The SMILES string of the molecule is Br.Br.CCc1c(C)[nH]c(/C=C2/N=C(CC3=N/C(=C\c4[nH]c(C)c(CCC(=O)OC)c4C)C(CCC(=O)OC)=C3C)C(CCCl)=C2C)c1C. The third-order valence-corrected chi connectivity index (χ3v) is 9.55. The standard InChI is InChI=1S/C37H47ClN4O4.2BrH/c1-10-26-20(2)30(39-24(26)6)17-32-23(5)29(15-16-38)35(41-32)19-33-22(4)28(12-14-37(44)46-9)34(42-33)18-31-21(3)27(25(7)40-31)11-13-36(43)45-8;;/h17-18,39-40H,10-16,19H2,1-9H3;2*1H/b32-17+,34-18-;;. The van der Waals surface area contributed by atoms with E-state index in [1.807, 2.05) is 6.92 Å². The average molecular weight is 809 g/mol. The van der Waals surface area contributed by atoms with Gasteiger partial charge in [-0.15, -0.1) is 45.6 Å². The van der Waals surface area contributed by atoms with Gasteiger partial charge in [0.1, 0.15) is 0 Å². The van der Waals surface area contributed by atoms with E-state index in [4.69, 9.17) is 31.1 Å². The van der Waals surface area contributed by atoms with E-state index in [1.54, 1.807) is 0 Å². The summed E-state index contributed by atoms with van der Waals surface area (Å²) >= 11 is 6.30. The monoisotopic (exact) mass is 806 g/mol. The summed E-state index contributed by atoms with van der Waals surface area (Å²) in [6, 6.07) is 0. The first kappa shape index (κ1) is 41.2. The lowest BCUT2D eigenvalue weighted by molar-refractivity contribution is -0.141. The normalized spacial score (nSPS) is 16.0. The molecule has 2 aliphatic heterocycles. The fraction of sp³-hybridized carbons (Fsp3) is 0.459. The van der Waals surface area contributed by atoms with Crippen LogP contribution >= 0.6 is 45.6 Å². The summed E-state index contributed by atoms with van der Waals surface area (Å²) in [5, 5.41) is 0. The van der Waals surface area contributed by atoms with Gasteiger partial charge in [0, 0.05) is 47.9 Å². The molecule has 0 aliphatic carbocycles. The number of carbonyl (C=O) groups is 2. The predicted molar refractivity (Wildman–Crippen MR) is 208 cm³/mol. The summed E-state index contributed by atoms with van der Waals surface area (Å²) in [5.74, 6) is 0.00683. The highest BCUT2D eigenvalue weighted by Crippen LogP contribution is 2.36. The lowest BCUT2D eigenvalue weighted by Gasteiger charge is -2.08. The van der Waals surface area contributed by atoms with Crippen LogP contribution in [0.3, 0.4) is 0 Å². The van der Waals surface area contributed by atoms with Crippen molar-refractivity contribution in [3.8, 4) is 0 Å². The number of methoxy groups -OCH3 is 2. The van der Waals surface area contributed by atoms with Gasteiger partial charge in [-0.05, 0) is 124 Å². The molecule has 4 heterocycles. The minimum absolute atomic E-state index is 0.